The van der Waals surface area contributed by atoms with Gasteiger partial charge in [0.05, 0.1) is 12.3 Å². The van der Waals surface area contributed by atoms with Crippen molar-refractivity contribution in [3.63, 3.8) is 0 Å². The number of ether oxygens (including phenoxy) is 1. The fourth-order valence-electron chi connectivity index (χ4n) is 3.92. The third-order valence-corrected chi connectivity index (χ3v) is 5.85. The predicted octanol–water partition coefficient (Wildman–Crippen LogP) is 3.84. The number of halogens is 2. The standard InChI is InChI=1S/C23H23F2N5O3/c24-22(25)15-2-1-3-16(27-15)23(32)29-18-12-30-11-17(13-4-5-13)28-20(30)10-19(18)33-9-8-14-6-7-21(31)26-14/h1-3,10-14,22H,4-9H2,(H,26,31)(H,29,32)/t14-/m0/s1. The van der Waals surface area contributed by atoms with Crippen LogP contribution in [-0.2, 0) is 4.79 Å². The first-order valence-electron chi connectivity index (χ1n) is 11.0. The maximum absolute atomic E-state index is 13.0. The summed E-state index contributed by atoms with van der Waals surface area (Å²) >= 11 is 0. The molecule has 1 aliphatic carbocycles. The summed E-state index contributed by atoms with van der Waals surface area (Å²) in [5.74, 6) is 0.294. The molecule has 3 aromatic heterocycles. The summed E-state index contributed by atoms with van der Waals surface area (Å²) in [7, 11) is 0. The van der Waals surface area contributed by atoms with E-state index in [1.54, 1.807) is 12.3 Å². The molecule has 1 saturated heterocycles. The van der Waals surface area contributed by atoms with Crippen LogP contribution in [0.2, 0.25) is 0 Å². The fraction of sp³-hybridized carbons (Fsp3) is 0.391. The molecule has 0 spiro atoms. The number of nitrogens with zero attached hydrogens (tertiary/aromatic N) is 3. The van der Waals surface area contributed by atoms with Crippen molar-refractivity contribution in [2.75, 3.05) is 11.9 Å². The lowest BCUT2D eigenvalue weighted by atomic mass is 10.2. The molecule has 0 radical (unpaired) electrons. The second-order valence-electron chi connectivity index (χ2n) is 8.40. The number of pyridine rings is 2. The van der Waals surface area contributed by atoms with Gasteiger partial charge in [-0.15, -0.1) is 0 Å². The number of aromatic nitrogens is 3. The van der Waals surface area contributed by atoms with Crippen LogP contribution in [-0.4, -0.2) is 38.8 Å². The van der Waals surface area contributed by atoms with Gasteiger partial charge < -0.3 is 19.8 Å². The first-order chi connectivity index (χ1) is 16.0. The van der Waals surface area contributed by atoms with E-state index >= 15 is 0 Å². The molecule has 0 aromatic carbocycles. The Bertz CT molecular complexity index is 1210. The Balaban J connectivity index is 1.38. The molecule has 1 aliphatic heterocycles. The van der Waals surface area contributed by atoms with E-state index in [1.165, 1.54) is 18.2 Å². The SMILES string of the molecule is O=C1CC[C@@H](CCOc2cc3nc(C4CC4)cn3cc2NC(=O)c2cccc(C(F)F)n2)N1. The number of fused-ring (bicyclic) bond motifs is 1. The van der Waals surface area contributed by atoms with E-state index in [0.29, 0.717) is 42.5 Å². The molecule has 2 aliphatic rings. The smallest absolute Gasteiger partial charge is 0.280 e. The highest BCUT2D eigenvalue weighted by Gasteiger charge is 2.27. The Morgan fingerprint density at radius 2 is 2.09 bits per heavy atom. The molecule has 172 valence electrons. The maximum atomic E-state index is 13.0. The lowest BCUT2D eigenvalue weighted by molar-refractivity contribution is -0.119. The average Bonchev–Trinajstić information content (AvgIpc) is 3.45. The van der Waals surface area contributed by atoms with Gasteiger partial charge >= 0.3 is 0 Å². The number of hydrogen-bond donors (Lipinski definition) is 2. The number of nitrogens with one attached hydrogen (secondary N) is 2. The molecule has 5 rings (SSSR count). The molecule has 33 heavy (non-hydrogen) atoms. The minimum absolute atomic E-state index is 0.0397. The van der Waals surface area contributed by atoms with E-state index in [9.17, 15) is 18.4 Å². The van der Waals surface area contributed by atoms with Crippen LogP contribution in [0.3, 0.4) is 0 Å². The van der Waals surface area contributed by atoms with Crippen molar-refractivity contribution in [2.24, 2.45) is 0 Å². The maximum Gasteiger partial charge on any atom is 0.280 e. The normalized spacial score (nSPS) is 18.0. The molecule has 2 amide bonds. The largest absolute Gasteiger partial charge is 0.491 e. The monoisotopic (exact) mass is 455 g/mol. The van der Waals surface area contributed by atoms with Crippen LogP contribution >= 0.6 is 0 Å². The van der Waals surface area contributed by atoms with Crippen molar-refractivity contribution < 1.29 is 23.1 Å². The second-order valence-corrected chi connectivity index (χ2v) is 8.40. The van der Waals surface area contributed by atoms with E-state index in [0.717, 1.165) is 25.0 Å². The molecule has 2 N–H and O–H groups in total. The first-order valence-corrected chi connectivity index (χ1v) is 11.0. The van der Waals surface area contributed by atoms with Crippen molar-refractivity contribution in [1.29, 1.82) is 0 Å². The van der Waals surface area contributed by atoms with Crippen molar-refractivity contribution in [1.82, 2.24) is 19.7 Å². The highest BCUT2D eigenvalue weighted by atomic mass is 19.3. The third kappa shape index (κ3) is 4.79. The van der Waals surface area contributed by atoms with Gasteiger partial charge in [0.1, 0.15) is 28.5 Å². The van der Waals surface area contributed by atoms with Gasteiger partial charge in [0.2, 0.25) is 5.91 Å². The van der Waals surface area contributed by atoms with Gasteiger partial charge in [-0.05, 0) is 31.4 Å². The van der Waals surface area contributed by atoms with Gasteiger partial charge in [-0.2, -0.15) is 0 Å². The summed E-state index contributed by atoms with van der Waals surface area (Å²) in [5, 5.41) is 5.64. The summed E-state index contributed by atoms with van der Waals surface area (Å²) in [6, 6.07) is 5.74. The molecule has 0 bridgehead atoms. The number of rotatable bonds is 8. The highest BCUT2D eigenvalue weighted by molar-refractivity contribution is 6.03. The summed E-state index contributed by atoms with van der Waals surface area (Å²) in [6.07, 6.45) is 4.99. The van der Waals surface area contributed by atoms with Gasteiger partial charge in [-0.1, -0.05) is 6.07 Å². The summed E-state index contributed by atoms with van der Waals surface area (Å²) in [5.41, 5.74) is 1.49. The molecular formula is C23H23F2N5O3. The van der Waals surface area contributed by atoms with E-state index in [1.807, 2.05) is 10.6 Å². The Kier molecular flexibility index (Phi) is 5.65. The van der Waals surface area contributed by atoms with Gasteiger partial charge in [0, 0.05) is 43.3 Å². The van der Waals surface area contributed by atoms with Crippen molar-refractivity contribution in [2.45, 2.75) is 50.5 Å². The molecular weight excluding hydrogens is 432 g/mol. The zero-order valence-electron chi connectivity index (χ0n) is 17.8. The van der Waals surface area contributed by atoms with E-state index in [4.69, 9.17) is 4.74 Å². The minimum atomic E-state index is -2.77. The molecule has 1 atom stereocenters. The molecule has 1 saturated carbocycles. The molecule has 3 aromatic rings. The second kappa shape index (κ2) is 8.76. The number of carbonyl (C=O) groups is 2. The molecule has 2 fully saturated rings. The Morgan fingerprint density at radius 3 is 2.82 bits per heavy atom. The minimum Gasteiger partial charge on any atom is -0.491 e. The summed E-state index contributed by atoms with van der Waals surface area (Å²) < 4.78 is 33.8. The van der Waals surface area contributed by atoms with Crippen LogP contribution in [0.1, 0.15) is 66.3 Å². The molecule has 4 heterocycles. The fourth-order valence-corrected chi connectivity index (χ4v) is 3.92. The number of hydrogen-bond acceptors (Lipinski definition) is 5. The Hall–Kier alpha value is -3.56. The van der Waals surface area contributed by atoms with Crippen LogP contribution in [0.25, 0.3) is 5.65 Å². The van der Waals surface area contributed by atoms with Gasteiger partial charge in [0.15, 0.2) is 0 Å². The number of anilines is 1. The average molecular weight is 455 g/mol. The lowest BCUT2D eigenvalue weighted by Gasteiger charge is -2.15. The molecule has 10 heteroatoms. The van der Waals surface area contributed by atoms with Gasteiger partial charge in [-0.25, -0.2) is 18.7 Å². The first kappa shape index (κ1) is 21.3. The lowest BCUT2D eigenvalue weighted by Crippen LogP contribution is -2.27. The van der Waals surface area contributed by atoms with Crippen LogP contribution in [0.4, 0.5) is 14.5 Å². The topological polar surface area (TPSA) is 97.6 Å². The predicted molar refractivity (Wildman–Crippen MR) is 116 cm³/mol. The van der Waals surface area contributed by atoms with Gasteiger partial charge in [0.25, 0.3) is 12.3 Å². The van der Waals surface area contributed by atoms with Gasteiger partial charge in [-0.3, -0.25) is 9.59 Å². The van der Waals surface area contributed by atoms with Crippen molar-refractivity contribution >= 4 is 23.1 Å². The van der Waals surface area contributed by atoms with E-state index in [2.05, 4.69) is 20.6 Å². The summed E-state index contributed by atoms with van der Waals surface area (Å²) in [6.45, 7) is 0.333. The number of carbonyl (C=O) groups excluding carboxylic acids is 2. The Labute approximate surface area is 188 Å². The number of amides is 2. The zero-order chi connectivity index (χ0) is 22.9. The van der Waals surface area contributed by atoms with Crippen LogP contribution in [0.5, 0.6) is 5.75 Å². The van der Waals surface area contributed by atoms with E-state index < -0.39 is 18.0 Å². The van der Waals surface area contributed by atoms with Crippen molar-refractivity contribution in [3.05, 3.63) is 53.7 Å². The van der Waals surface area contributed by atoms with Crippen molar-refractivity contribution in [3.8, 4) is 5.75 Å². The highest BCUT2D eigenvalue weighted by Crippen LogP contribution is 2.40. The molecule has 8 nitrogen and oxygen atoms in total. The van der Waals surface area contributed by atoms with Crippen LogP contribution in [0.15, 0.2) is 36.7 Å². The number of alkyl halides is 2. The zero-order valence-corrected chi connectivity index (χ0v) is 17.8. The summed E-state index contributed by atoms with van der Waals surface area (Å²) in [4.78, 5) is 32.6. The van der Waals surface area contributed by atoms with Crippen LogP contribution < -0.4 is 15.4 Å². The van der Waals surface area contributed by atoms with E-state index in [-0.39, 0.29) is 17.6 Å². The Morgan fingerprint density at radius 1 is 1.24 bits per heavy atom. The number of imidazole rings is 1. The molecule has 0 unspecified atom stereocenters. The van der Waals surface area contributed by atoms with Crippen LogP contribution in [0, 0.1) is 0 Å². The third-order valence-electron chi connectivity index (χ3n) is 5.85. The quantitative estimate of drug-likeness (QED) is 0.538.